The summed E-state index contributed by atoms with van der Waals surface area (Å²) in [7, 11) is -3.72. The molecule has 0 spiro atoms. The van der Waals surface area contributed by atoms with E-state index in [9.17, 15) is 27.6 Å². The molecular formula is C42H62N6O6S. The molecule has 2 aliphatic carbocycles. The van der Waals surface area contributed by atoms with E-state index < -0.39 is 51.3 Å². The van der Waals surface area contributed by atoms with Crippen molar-refractivity contribution in [3.63, 3.8) is 0 Å². The zero-order valence-electron chi connectivity index (χ0n) is 33.5. The van der Waals surface area contributed by atoms with E-state index in [2.05, 4.69) is 53.8 Å². The molecule has 1 aromatic rings. The summed E-state index contributed by atoms with van der Waals surface area (Å²) in [6.45, 7) is 16.8. The van der Waals surface area contributed by atoms with Gasteiger partial charge in [0.2, 0.25) is 21.7 Å². The van der Waals surface area contributed by atoms with Crippen LogP contribution in [0.25, 0.3) is 0 Å². The molecule has 12 nitrogen and oxygen atoms in total. The third-order valence-electron chi connectivity index (χ3n) is 12.0. The molecule has 4 N–H and O–H groups in total. The second kappa shape index (κ2) is 17.4. The maximum Gasteiger partial charge on any atom is 0.315 e. The van der Waals surface area contributed by atoms with Gasteiger partial charge in [-0.2, -0.15) is 4.31 Å². The predicted octanol–water partition coefficient (Wildman–Crippen LogP) is 5.39. The molecule has 5 atom stereocenters. The number of fused-ring (bicyclic) bond motifs is 2. The minimum atomic E-state index is -3.72. The fourth-order valence-corrected chi connectivity index (χ4v) is 10.1. The van der Waals surface area contributed by atoms with Crippen LogP contribution in [0.2, 0.25) is 0 Å². The first-order valence-corrected chi connectivity index (χ1v) is 21.5. The summed E-state index contributed by atoms with van der Waals surface area (Å²) in [5, 5.41) is 12.0. The van der Waals surface area contributed by atoms with Gasteiger partial charge in [0.1, 0.15) is 6.04 Å². The Hall–Kier alpha value is -3.97. The van der Waals surface area contributed by atoms with Gasteiger partial charge < -0.3 is 26.2 Å². The van der Waals surface area contributed by atoms with Crippen molar-refractivity contribution in [2.24, 2.45) is 28.6 Å². The Morgan fingerprint density at radius 1 is 1.05 bits per heavy atom. The molecule has 0 aromatic heterocycles. The smallest absolute Gasteiger partial charge is 0.315 e. The van der Waals surface area contributed by atoms with E-state index in [1.165, 1.54) is 10.4 Å². The lowest BCUT2D eigenvalue weighted by molar-refractivity contribution is -0.138. The largest absolute Gasteiger partial charge is 0.379 e. The number of unbranched alkanes of at least 4 members (excludes halogenated alkanes) is 1. The Kier molecular flexibility index (Phi) is 13.4. The van der Waals surface area contributed by atoms with Crippen LogP contribution in [-0.2, 0) is 31.0 Å². The summed E-state index contributed by atoms with van der Waals surface area (Å²) < 4.78 is 28.3. The van der Waals surface area contributed by atoms with Crippen LogP contribution in [0, 0.1) is 28.6 Å². The summed E-state index contributed by atoms with van der Waals surface area (Å²) in [6.07, 6.45) is 14.2. The quantitative estimate of drug-likeness (QED) is 0.138. The van der Waals surface area contributed by atoms with Gasteiger partial charge in [-0.05, 0) is 53.6 Å². The van der Waals surface area contributed by atoms with Gasteiger partial charge in [0.05, 0.1) is 10.9 Å². The highest BCUT2D eigenvalue weighted by Crippen LogP contribution is 2.50. The van der Waals surface area contributed by atoms with Gasteiger partial charge in [-0.25, -0.2) is 13.2 Å². The summed E-state index contributed by atoms with van der Waals surface area (Å²) >= 11 is 0. The normalized spacial score (nSPS) is 24.0. The van der Waals surface area contributed by atoms with Crippen molar-refractivity contribution in [2.75, 3.05) is 19.6 Å². The summed E-state index contributed by atoms with van der Waals surface area (Å²) in [4.78, 5) is 57.1. The number of ketones is 1. The topological polar surface area (TPSA) is 157 Å². The van der Waals surface area contributed by atoms with Crippen molar-refractivity contribution in [1.82, 2.24) is 30.5 Å². The number of urea groups is 1. The second-order valence-electron chi connectivity index (χ2n) is 17.4. The van der Waals surface area contributed by atoms with E-state index in [1.54, 1.807) is 23.2 Å². The second-order valence-corrected chi connectivity index (χ2v) is 19.3. The molecule has 1 saturated carbocycles. The number of hydrogen-bond acceptors (Lipinski definition) is 7. The number of rotatable bonds is 15. The molecule has 1 saturated heterocycles. The minimum absolute atomic E-state index is 0.0783. The Bertz CT molecular complexity index is 1780. The van der Waals surface area contributed by atoms with Crippen LogP contribution >= 0.6 is 0 Å². The van der Waals surface area contributed by atoms with Crippen LogP contribution in [0.15, 0.2) is 65.9 Å². The van der Waals surface area contributed by atoms with Gasteiger partial charge in [0, 0.05) is 50.0 Å². The molecule has 4 aliphatic rings. The van der Waals surface area contributed by atoms with Crippen molar-refractivity contribution in [2.45, 2.75) is 122 Å². The third kappa shape index (κ3) is 9.53. The first-order chi connectivity index (χ1) is 26.0. The van der Waals surface area contributed by atoms with Crippen LogP contribution in [0.1, 0.15) is 98.5 Å². The van der Waals surface area contributed by atoms with Crippen molar-refractivity contribution in [1.29, 1.82) is 0 Å². The third-order valence-corrected chi connectivity index (χ3v) is 13.9. The zero-order valence-corrected chi connectivity index (χ0v) is 34.3. The minimum Gasteiger partial charge on any atom is -0.379 e. The van der Waals surface area contributed by atoms with Gasteiger partial charge in [0.15, 0.2) is 0 Å². The zero-order chi connectivity index (χ0) is 40.1. The number of nitrogens with one attached hydrogen (secondary N) is 4. The Balaban J connectivity index is 1.40. The average Bonchev–Trinajstić information content (AvgIpc) is 3.76. The van der Waals surface area contributed by atoms with Crippen LogP contribution < -0.4 is 21.3 Å². The monoisotopic (exact) mass is 778 g/mol. The van der Waals surface area contributed by atoms with Gasteiger partial charge in [0.25, 0.3) is 5.91 Å². The van der Waals surface area contributed by atoms with Crippen LogP contribution in [0.5, 0.6) is 0 Å². The molecule has 55 heavy (non-hydrogen) atoms. The number of hydrogen-bond donors (Lipinski definition) is 4. The molecule has 2 fully saturated rings. The Labute approximate surface area is 328 Å². The number of Topliss-reactive ketones (excluding diaryl/α,β-unsaturated/α-hetero) is 1. The lowest BCUT2D eigenvalue weighted by atomic mass is 9.79. The molecular weight excluding hydrogens is 717 g/mol. The molecule has 1 aromatic carbocycles. The Morgan fingerprint density at radius 2 is 1.76 bits per heavy atom. The number of likely N-dealkylation sites (tertiary alicyclic amines) is 1. The van der Waals surface area contributed by atoms with Crippen LogP contribution in [0.4, 0.5) is 4.79 Å². The number of carbonyl (C=O) groups excluding carboxylic acids is 4. The van der Waals surface area contributed by atoms with E-state index in [4.69, 9.17) is 0 Å². The highest BCUT2D eigenvalue weighted by molar-refractivity contribution is 7.89. The molecule has 2 heterocycles. The van der Waals surface area contributed by atoms with E-state index in [0.717, 1.165) is 50.5 Å². The van der Waals surface area contributed by atoms with Gasteiger partial charge in [-0.1, -0.05) is 110 Å². The van der Waals surface area contributed by atoms with Crippen LogP contribution in [-0.4, -0.2) is 79.0 Å². The number of sulfonamides is 1. The summed E-state index contributed by atoms with van der Waals surface area (Å²) in [5.41, 5.74) is 0.742. The number of amides is 4. The van der Waals surface area contributed by atoms with Crippen molar-refractivity contribution < 1.29 is 27.6 Å². The molecule has 4 amide bonds. The maximum atomic E-state index is 14.9. The molecule has 13 heteroatoms. The molecule has 1 unspecified atom stereocenters. The average molecular weight is 779 g/mol. The van der Waals surface area contributed by atoms with Crippen molar-refractivity contribution in [3.8, 4) is 0 Å². The predicted molar refractivity (Wildman–Crippen MR) is 214 cm³/mol. The number of carbonyl (C=O) groups is 4. The van der Waals surface area contributed by atoms with Gasteiger partial charge in [-0.15, -0.1) is 6.58 Å². The fraction of sp³-hybridized carbons (Fsp3) is 0.619. The van der Waals surface area contributed by atoms with E-state index >= 15 is 0 Å². The SMILES string of the molecule is C=CCNC(=O)C(=O)C(CCCC)N/C=C1\[C@H]2C=CC(C)(C)[C@H]2CN1C(=O)[C@@H](NC(=O)N[C@H](CN1Cc2ccccc2S1(=O)=O)C(C)(C)C)C1CCCCC1. The van der Waals surface area contributed by atoms with E-state index in [-0.39, 0.29) is 48.7 Å². The van der Waals surface area contributed by atoms with Crippen LogP contribution in [0.3, 0.4) is 0 Å². The number of nitrogens with zero attached hydrogens (tertiary/aromatic N) is 2. The first kappa shape index (κ1) is 42.2. The number of benzene rings is 1. The number of allylic oxidation sites excluding steroid dienone is 2. The van der Waals surface area contributed by atoms with E-state index in [0.29, 0.717) is 23.6 Å². The standard InChI is InChI=1S/C42H62N6O6S/c1-8-10-19-32(37(49)38(50)43-23-9-2)44-24-33-30-21-22-42(6,7)31(30)26-48(33)39(51)36(28-16-12-11-13-17-28)46-40(52)45-35(41(3,4)5)27-47-25-29-18-14-15-20-34(29)55(47,53)54/h9,14-15,18,20-22,24,28,30-32,35-36,44H,2,8,10-13,16-17,19,23,25-27H2,1,3-7H3,(H,43,50)(H2,45,46,52)/b33-24+/t30-,31-,32?,35+,36-/m0/s1. The molecule has 302 valence electrons. The summed E-state index contributed by atoms with van der Waals surface area (Å²) in [5.74, 6) is -1.56. The lowest BCUT2D eigenvalue weighted by Gasteiger charge is -2.36. The maximum absolute atomic E-state index is 14.9. The molecule has 0 radical (unpaired) electrons. The van der Waals surface area contributed by atoms with Crippen molar-refractivity contribution >= 4 is 33.7 Å². The van der Waals surface area contributed by atoms with Crippen molar-refractivity contribution in [3.05, 3.63) is 66.5 Å². The first-order valence-electron chi connectivity index (χ1n) is 20.0. The molecule has 2 aliphatic heterocycles. The van der Waals surface area contributed by atoms with Gasteiger partial charge >= 0.3 is 6.03 Å². The lowest BCUT2D eigenvalue weighted by Crippen LogP contribution is -2.58. The molecule has 5 rings (SSSR count). The van der Waals surface area contributed by atoms with Gasteiger partial charge in [-0.3, -0.25) is 14.4 Å². The summed E-state index contributed by atoms with van der Waals surface area (Å²) in [6, 6.07) is 4.29. The highest BCUT2D eigenvalue weighted by atomic mass is 32.2. The fourth-order valence-electron chi connectivity index (χ4n) is 8.45. The highest BCUT2D eigenvalue weighted by Gasteiger charge is 2.50. The van der Waals surface area contributed by atoms with E-state index in [1.807, 2.05) is 39.8 Å². The molecule has 0 bridgehead atoms. The Morgan fingerprint density at radius 3 is 2.42 bits per heavy atom.